The Kier molecular flexibility index (Phi) is 4.84. The molecule has 0 bridgehead atoms. The summed E-state index contributed by atoms with van der Waals surface area (Å²) in [6, 6.07) is -0.847. The summed E-state index contributed by atoms with van der Waals surface area (Å²) in [6.45, 7) is -1.18. The number of amides is 2. The normalized spacial score (nSPS) is 20.2. The van der Waals surface area contributed by atoms with Crippen molar-refractivity contribution in [3.05, 3.63) is 29.6 Å². The van der Waals surface area contributed by atoms with E-state index in [9.17, 15) is 22.4 Å². The van der Waals surface area contributed by atoms with Crippen LogP contribution in [0, 0.1) is 0 Å². The Morgan fingerprint density at radius 2 is 2.32 bits per heavy atom. The Hall–Kier alpha value is -1.90. The largest absolute Gasteiger partial charge is 0.373 e. The van der Waals surface area contributed by atoms with E-state index in [0.717, 1.165) is 11.1 Å². The fourth-order valence-electron chi connectivity index (χ4n) is 2.05. The first-order chi connectivity index (χ1) is 10.3. The van der Waals surface area contributed by atoms with E-state index in [1.54, 1.807) is 0 Å². The third-order valence-electron chi connectivity index (χ3n) is 3.32. The van der Waals surface area contributed by atoms with Crippen LogP contribution in [0.25, 0.3) is 0 Å². The van der Waals surface area contributed by atoms with Crippen molar-refractivity contribution in [3.63, 3.8) is 0 Å². The SMILES string of the molecule is CN(Cc1ccncc1C(F)F)C(=O)N[C@H]1COCC1(F)F. The van der Waals surface area contributed by atoms with Gasteiger partial charge in [-0.3, -0.25) is 4.98 Å². The number of urea groups is 1. The minimum absolute atomic E-state index is 0.146. The monoisotopic (exact) mass is 321 g/mol. The molecule has 2 heterocycles. The molecule has 1 aliphatic heterocycles. The number of nitrogens with one attached hydrogen (secondary N) is 1. The highest BCUT2D eigenvalue weighted by Crippen LogP contribution is 2.26. The van der Waals surface area contributed by atoms with Gasteiger partial charge in [-0.1, -0.05) is 0 Å². The van der Waals surface area contributed by atoms with Crippen LogP contribution in [0.3, 0.4) is 0 Å². The van der Waals surface area contributed by atoms with E-state index in [-0.39, 0.29) is 24.3 Å². The molecule has 0 aliphatic carbocycles. The van der Waals surface area contributed by atoms with Gasteiger partial charge in [0, 0.05) is 31.5 Å². The minimum Gasteiger partial charge on any atom is -0.373 e. The van der Waals surface area contributed by atoms with Crippen molar-refractivity contribution in [2.75, 3.05) is 20.3 Å². The molecule has 1 N–H and O–H groups in total. The van der Waals surface area contributed by atoms with Crippen molar-refractivity contribution in [1.29, 1.82) is 0 Å². The summed E-state index contributed by atoms with van der Waals surface area (Å²) in [5.74, 6) is -3.14. The molecule has 5 nitrogen and oxygen atoms in total. The van der Waals surface area contributed by atoms with Gasteiger partial charge in [0.25, 0.3) is 12.3 Å². The summed E-state index contributed by atoms with van der Waals surface area (Å²) in [5, 5.41) is 2.15. The van der Waals surface area contributed by atoms with Crippen LogP contribution in [0.4, 0.5) is 22.4 Å². The van der Waals surface area contributed by atoms with Gasteiger partial charge in [-0.05, 0) is 11.6 Å². The van der Waals surface area contributed by atoms with Crippen LogP contribution in [-0.4, -0.2) is 48.1 Å². The predicted molar refractivity (Wildman–Crippen MR) is 68.7 cm³/mol. The van der Waals surface area contributed by atoms with Crippen LogP contribution in [-0.2, 0) is 11.3 Å². The molecule has 1 aromatic rings. The molecule has 0 saturated carbocycles. The molecular weight excluding hydrogens is 306 g/mol. The van der Waals surface area contributed by atoms with Gasteiger partial charge in [0.1, 0.15) is 12.6 Å². The summed E-state index contributed by atoms with van der Waals surface area (Å²) in [7, 11) is 1.33. The fourth-order valence-corrected chi connectivity index (χ4v) is 2.05. The van der Waals surface area contributed by atoms with E-state index < -0.39 is 31.0 Å². The maximum atomic E-state index is 13.4. The summed E-state index contributed by atoms with van der Waals surface area (Å²) < 4.78 is 57.0. The van der Waals surface area contributed by atoms with E-state index in [0.29, 0.717) is 0 Å². The number of carbonyl (C=O) groups is 1. The number of hydrogen-bond donors (Lipinski definition) is 1. The highest BCUT2D eigenvalue weighted by atomic mass is 19.3. The van der Waals surface area contributed by atoms with Crippen molar-refractivity contribution in [2.45, 2.75) is 24.9 Å². The quantitative estimate of drug-likeness (QED) is 0.865. The Morgan fingerprint density at radius 3 is 2.91 bits per heavy atom. The summed E-state index contributed by atoms with van der Waals surface area (Å²) >= 11 is 0. The van der Waals surface area contributed by atoms with Gasteiger partial charge in [-0.15, -0.1) is 0 Å². The van der Waals surface area contributed by atoms with Crippen LogP contribution in [0.1, 0.15) is 17.6 Å². The summed E-state index contributed by atoms with van der Waals surface area (Å²) in [4.78, 5) is 16.6. The zero-order valence-electron chi connectivity index (χ0n) is 11.7. The topological polar surface area (TPSA) is 54.5 Å². The number of pyridine rings is 1. The van der Waals surface area contributed by atoms with Gasteiger partial charge >= 0.3 is 6.03 Å². The second kappa shape index (κ2) is 6.47. The Bertz CT molecular complexity index is 542. The maximum Gasteiger partial charge on any atom is 0.317 e. The predicted octanol–water partition coefficient (Wildman–Crippen LogP) is 2.19. The van der Waals surface area contributed by atoms with Gasteiger partial charge in [0.15, 0.2) is 0 Å². The average molecular weight is 321 g/mol. The van der Waals surface area contributed by atoms with Crippen molar-refractivity contribution in [3.8, 4) is 0 Å². The zero-order valence-corrected chi connectivity index (χ0v) is 11.7. The van der Waals surface area contributed by atoms with Crippen molar-refractivity contribution in [2.24, 2.45) is 0 Å². The third kappa shape index (κ3) is 3.65. The standard InChI is InChI=1S/C13H15F4N3O2/c1-20(5-8-2-3-18-4-9(8)11(14)15)12(21)19-10-6-22-7-13(10,16)17/h2-4,10-11H,5-7H2,1H3,(H,19,21)/t10-/m0/s1. The fraction of sp³-hybridized carbons (Fsp3) is 0.538. The molecule has 1 aromatic heterocycles. The number of hydrogen-bond acceptors (Lipinski definition) is 3. The molecule has 1 atom stereocenters. The van der Waals surface area contributed by atoms with Gasteiger partial charge in [-0.2, -0.15) is 0 Å². The molecule has 0 radical (unpaired) electrons. The molecule has 2 rings (SSSR count). The summed E-state index contributed by atoms with van der Waals surface area (Å²) in [6.07, 6.45) is -0.385. The van der Waals surface area contributed by atoms with Crippen LogP contribution in [0.5, 0.6) is 0 Å². The zero-order chi connectivity index (χ0) is 16.3. The van der Waals surface area contributed by atoms with Crippen LogP contribution in [0.2, 0.25) is 0 Å². The summed E-state index contributed by atoms with van der Waals surface area (Å²) in [5.41, 5.74) is -0.0891. The Morgan fingerprint density at radius 1 is 1.59 bits per heavy atom. The molecule has 0 spiro atoms. The van der Waals surface area contributed by atoms with Crippen molar-refractivity contribution < 1.29 is 27.1 Å². The number of ether oxygens (including phenoxy) is 1. The van der Waals surface area contributed by atoms with E-state index >= 15 is 0 Å². The lowest BCUT2D eigenvalue weighted by Crippen LogP contribution is -2.50. The first kappa shape index (κ1) is 16.5. The number of halogens is 4. The first-order valence-electron chi connectivity index (χ1n) is 6.49. The van der Waals surface area contributed by atoms with E-state index in [1.165, 1.54) is 19.3 Å². The second-order valence-electron chi connectivity index (χ2n) is 5.01. The number of aromatic nitrogens is 1. The van der Waals surface area contributed by atoms with Crippen LogP contribution >= 0.6 is 0 Å². The number of rotatable bonds is 4. The van der Waals surface area contributed by atoms with Crippen LogP contribution in [0.15, 0.2) is 18.5 Å². The lowest BCUT2D eigenvalue weighted by Gasteiger charge is -2.24. The molecular formula is C13H15F4N3O2. The highest BCUT2D eigenvalue weighted by molar-refractivity contribution is 5.74. The lowest BCUT2D eigenvalue weighted by molar-refractivity contribution is -0.0222. The number of alkyl halides is 4. The lowest BCUT2D eigenvalue weighted by atomic mass is 10.1. The number of carbonyl (C=O) groups excluding carboxylic acids is 1. The molecule has 22 heavy (non-hydrogen) atoms. The number of nitrogens with zero attached hydrogens (tertiary/aromatic N) is 2. The van der Waals surface area contributed by atoms with Gasteiger partial charge in [0.2, 0.25) is 0 Å². The molecule has 0 unspecified atom stereocenters. The van der Waals surface area contributed by atoms with Crippen LogP contribution < -0.4 is 5.32 Å². The van der Waals surface area contributed by atoms with Gasteiger partial charge in [-0.25, -0.2) is 22.4 Å². The highest BCUT2D eigenvalue weighted by Gasteiger charge is 2.46. The van der Waals surface area contributed by atoms with Crippen molar-refractivity contribution >= 4 is 6.03 Å². The molecule has 1 fully saturated rings. The average Bonchev–Trinajstić information content (AvgIpc) is 2.78. The van der Waals surface area contributed by atoms with E-state index in [1.807, 2.05) is 0 Å². The molecule has 1 saturated heterocycles. The molecule has 122 valence electrons. The maximum absolute atomic E-state index is 13.4. The van der Waals surface area contributed by atoms with E-state index in [2.05, 4.69) is 15.0 Å². The molecule has 2 amide bonds. The minimum atomic E-state index is -3.14. The van der Waals surface area contributed by atoms with E-state index in [4.69, 9.17) is 0 Å². The van der Waals surface area contributed by atoms with Gasteiger partial charge in [0.05, 0.1) is 6.61 Å². The molecule has 9 heteroatoms. The first-order valence-corrected chi connectivity index (χ1v) is 6.49. The molecule has 0 aromatic carbocycles. The Balaban J connectivity index is 2.00. The third-order valence-corrected chi connectivity index (χ3v) is 3.32. The second-order valence-corrected chi connectivity index (χ2v) is 5.01. The Labute approximate surface area is 124 Å². The van der Waals surface area contributed by atoms with Crippen molar-refractivity contribution in [1.82, 2.24) is 15.2 Å². The smallest absolute Gasteiger partial charge is 0.317 e. The van der Waals surface area contributed by atoms with Gasteiger partial charge < -0.3 is 15.0 Å². The molecule has 1 aliphatic rings.